The van der Waals surface area contributed by atoms with E-state index in [2.05, 4.69) is 20.8 Å². The van der Waals surface area contributed by atoms with E-state index in [-0.39, 0.29) is 23.5 Å². The molecule has 1 N–H and O–H groups in total. The van der Waals surface area contributed by atoms with Gasteiger partial charge in [-0.15, -0.1) is 5.10 Å². The molecule has 1 aliphatic carbocycles. The van der Waals surface area contributed by atoms with Crippen LogP contribution in [0.15, 0.2) is 23.4 Å². The number of benzene rings is 1. The van der Waals surface area contributed by atoms with Gasteiger partial charge in [0.2, 0.25) is 5.16 Å². The van der Waals surface area contributed by atoms with Crippen LogP contribution in [0.25, 0.3) is 0 Å². The summed E-state index contributed by atoms with van der Waals surface area (Å²) < 4.78 is 7.21. The fourth-order valence-electron chi connectivity index (χ4n) is 3.50. The highest BCUT2D eigenvalue weighted by Crippen LogP contribution is 2.33. The first-order valence-electron chi connectivity index (χ1n) is 9.17. The summed E-state index contributed by atoms with van der Waals surface area (Å²) in [4.78, 5) is 24.4. The second kappa shape index (κ2) is 7.67. The van der Waals surface area contributed by atoms with Crippen LogP contribution in [-0.4, -0.2) is 43.8 Å². The van der Waals surface area contributed by atoms with Gasteiger partial charge in [-0.3, -0.25) is 9.59 Å². The summed E-state index contributed by atoms with van der Waals surface area (Å²) in [7, 11) is 0. The molecule has 1 aromatic carbocycles. The molecule has 1 fully saturated rings. The summed E-state index contributed by atoms with van der Waals surface area (Å²) in [6, 6.07) is 5.41. The van der Waals surface area contributed by atoms with Crippen molar-refractivity contribution in [3.8, 4) is 5.75 Å². The summed E-state index contributed by atoms with van der Waals surface area (Å²) in [6.45, 7) is 1.85. The minimum atomic E-state index is -0.350. The number of carbonyl (C=O) groups is 2. The molecule has 1 aliphatic heterocycles. The first-order chi connectivity index (χ1) is 13.1. The third-order valence-corrected chi connectivity index (χ3v) is 5.98. The minimum absolute atomic E-state index is 0.00360. The van der Waals surface area contributed by atoms with E-state index in [1.54, 1.807) is 18.2 Å². The summed E-state index contributed by atoms with van der Waals surface area (Å²) in [5.41, 5.74) is 1.05. The zero-order valence-electron chi connectivity index (χ0n) is 15.1. The van der Waals surface area contributed by atoms with Gasteiger partial charge in [0.05, 0.1) is 17.0 Å². The molecule has 2 aromatic rings. The Bertz CT molecular complexity index is 862. The van der Waals surface area contributed by atoms with Crippen molar-refractivity contribution in [3.63, 3.8) is 0 Å². The average molecular weight is 387 g/mol. The molecule has 2 aliphatic rings. The Balaban J connectivity index is 1.48. The molecule has 1 atom stereocenters. The van der Waals surface area contributed by atoms with E-state index < -0.39 is 0 Å². The fourth-order valence-corrected chi connectivity index (χ4v) is 4.44. The van der Waals surface area contributed by atoms with E-state index in [0.29, 0.717) is 28.2 Å². The number of nitrogens with one attached hydrogen (secondary N) is 1. The van der Waals surface area contributed by atoms with E-state index in [0.717, 1.165) is 12.8 Å². The Morgan fingerprint density at radius 3 is 2.96 bits per heavy atom. The molecule has 27 heavy (non-hydrogen) atoms. The molecule has 0 radical (unpaired) electrons. The molecule has 9 heteroatoms. The van der Waals surface area contributed by atoms with Crippen LogP contribution >= 0.6 is 11.8 Å². The average Bonchev–Trinajstić information content (AvgIpc) is 3.15. The van der Waals surface area contributed by atoms with Crippen molar-refractivity contribution in [2.24, 2.45) is 0 Å². The summed E-state index contributed by atoms with van der Waals surface area (Å²) in [5.74, 6) is 0.315. The van der Waals surface area contributed by atoms with Gasteiger partial charge in [0.15, 0.2) is 12.4 Å². The highest BCUT2D eigenvalue weighted by molar-refractivity contribution is 8.00. The van der Waals surface area contributed by atoms with E-state index in [9.17, 15) is 9.59 Å². The Kier molecular flexibility index (Phi) is 5.11. The Morgan fingerprint density at radius 1 is 1.33 bits per heavy atom. The molecule has 8 nitrogen and oxygen atoms in total. The molecule has 1 amide bonds. The van der Waals surface area contributed by atoms with Crippen LogP contribution in [0.5, 0.6) is 5.75 Å². The smallest absolute Gasteiger partial charge is 0.262 e. The van der Waals surface area contributed by atoms with Gasteiger partial charge in [0, 0.05) is 5.56 Å². The quantitative estimate of drug-likeness (QED) is 0.622. The number of Topliss-reactive ketones (excluding diaryl/α,β-unsaturated/α-hetero) is 1. The zero-order chi connectivity index (χ0) is 18.8. The number of thioether (sulfide) groups is 1. The number of rotatable bonds is 5. The number of hydrogen-bond donors (Lipinski definition) is 1. The summed E-state index contributed by atoms with van der Waals surface area (Å²) in [6.07, 6.45) is 5.78. The minimum Gasteiger partial charge on any atom is -0.482 e. The monoisotopic (exact) mass is 387 g/mol. The first-order valence-corrected chi connectivity index (χ1v) is 10.1. The topological polar surface area (TPSA) is 99.0 Å². The van der Waals surface area contributed by atoms with Gasteiger partial charge in [-0.2, -0.15) is 0 Å². The predicted octanol–water partition coefficient (Wildman–Crippen LogP) is 2.87. The Morgan fingerprint density at radius 2 is 2.15 bits per heavy atom. The molecule has 1 saturated carbocycles. The van der Waals surface area contributed by atoms with Gasteiger partial charge in [-0.25, -0.2) is 4.68 Å². The standard InChI is InChI=1S/C18H21N5O3S/c1-11(27-18-20-21-22-23(18)13-5-3-2-4-6-13)17(25)12-7-8-15-14(9-12)19-16(24)10-26-15/h7-9,11,13H,2-6,10H2,1H3,(H,19,24). The third kappa shape index (κ3) is 3.83. The zero-order valence-corrected chi connectivity index (χ0v) is 15.9. The lowest BCUT2D eigenvalue weighted by Gasteiger charge is -2.22. The number of aromatic nitrogens is 4. The number of amides is 1. The lowest BCUT2D eigenvalue weighted by Crippen LogP contribution is -2.26. The summed E-state index contributed by atoms with van der Waals surface area (Å²) in [5, 5.41) is 15.1. The molecule has 1 unspecified atom stereocenters. The maximum absolute atomic E-state index is 12.9. The van der Waals surface area contributed by atoms with Crippen LogP contribution in [-0.2, 0) is 4.79 Å². The molecule has 4 rings (SSSR count). The number of tetrazole rings is 1. The molecule has 142 valence electrons. The van der Waals surface area contributed by atoms with Crippen LogP contribution in [0, 0.1) is 0 Å². The second-order valence-electron chi connectivity index (χ2n) is 6.87. The molecule has 1 aromatic heterocycles. The van der Waals surface area contributed by atoms with Gasteiger partial charge < -0.3 is 10.1 Å². The third-order valence-electron chi connectivity index (χ3n) is 4.93. The van der Waals surface area contributed by atoms with E-state index >= 15 is 0 Å². The van der Waals surface area contributed by atoms with Crippen LogP contribution in [0.2, 0.25) is 0 Å². The Labute approximate surface area is 161 Å². The van der Waals surface area contributed by atoms with Gasteiger partial charge in [0.1, 0.15) is 5.75 Å². The second-order valence-corrected chi connectivity index (χ2v) is 8.18. The van der Waals surface area contributed by atoms with Crippen LogP contribution in [0.1, 0.15) is 55.4 Å². The van der Waals surface area contributed by atoms with E-state index in [4.69, 9.17) is 4.74 Å². The van der Waals surface area contributed by atoms with Crippen LogP contribution in [0.4, 0.5) is 5.69 Å². The van der Waals surface area contributed by atoms with Crippen molar-refractivity contribution in [1.82, 2.24) is 20.2 Å². The number of fused-ring (bicyclic) bond motifs is 1. The van der Waals surface area contributed by atoms with E-state index in [1.807, 2.05) is 11.6 Å². The Hall–Kier alpha value is -2.42. The van der Waals surface area contributed by atoms with Gasteiger partial charge >= 0.3 is 0 Å². The lowest BCUT2D eigenvalue weighted by molar-refractivity contribution is -0.118. The number of ether oxygens (including phenoxy) is 1. The highest BCUT2D eigenvalue weighted by atomic mass is 32.2. The number of nitrogens with zero attached hydrogens (tertiary/aromatic N) is 4. The SMILES string of the molecule is CC(Sc1nnnn1C1CCCCC1)C(=O)c1ccc2c(c1)NC(=O)CO2. The predicted molar refractivity (Wildman–Crippen MR) is 100 cm³/mol. The normalized spacial score (nSPS) is 18.3. The largest absolute Gasteiger partial charge is 0.482 e. The van der Waals surface area contributed by atoms with Gasteiger partial charge in [-0.05, 0) is 48.4 Å². The van der Waals surface area contributed by atoms with Crippen molar-refractivity contribution < 1.29 is 14.3 Å². The molecule has 0 saturated heterocycles. The molecular weight excluding hydrogens is 366 g/mol. The number of anilines is 1. The van der Waals surface area contributed by atoms with Crippen molar-refractivity contribution in [1.29, 1.82) is 0 Å². The van der Waals surface area contributed by atoms with Gasteiger partial charge in [0.25, 0.3) is 5.91 Å². The fraction of sp³-hybridized carbons (Fsp3) is 0.500. The summed E-state index contributed by atoms with van der Waals surface area (Å²) >= 11 is 1.37. The maximum atomic E-state index is 12.9. The van der Waals surface area contributed by atoms with Crippen molar-refractivity contribution in [2.75, 3.05) is 11.9 Å². The molecular formula is C18H21N5O3S. The van der Waals surface area contributed by atoms with Crippen molar-refractivity contribution in [2.45, 2.75) is 55.5 Å². The number of carbonyl (C=O) groups excluding carboxylic acids is 2. The number of hydrogen-bond acceptors (Lipinski definition) is 7. The van der Waals surface area contributed by atoms with Crippen molar-refractivity contribution in [3.05, 3.63) is 23.8 Å². The van der Waals surface area contributed by atoms with Crippen LogP contribution in [0.3, 0.4) is 0 Å². The van der Waals surface area contributed by atoms with Gasteiger partial charge in [-0.1, -0.05) is 31.0 Å². The lowest BCUT2D eigenvalue weighted by atomic mass is 9.96. The first kappa shape index (κ1) is 18.0. The van der Waals surface area contributed by atoms with Crippen LogP contribution < -0.4 is 10.1 Å². The maximum Gasteiger partial charge on any atom is 0.262 e. The highest BCUT2D eigenvalue weighted by Gasteiger charge is 2.25. The molecule has 0 spiro atoms. The number of ketones is 1. The van der Waals surface area contributed by atoms with Crippen molar-refractivity contribution >= 4 is 29.1 Å². The molecule has 2 heterocycles. The van der Waals surface area contributed by atoms with E-state index in [1.165, 1.54) is 31.0 Å². The molecule has 0 bridgehead atoms.